The number of para-hydroxylation sites is 1. The number of anilines is 2. The number of benzene rings is 1. The normalized spacial score (nSPS) is 17.0. The topological polar surface area (TPSA) is 106 Å². The number of aromatic carboxylic acids is 1. The SMILES string of the molecule is CC1Oc2cccc(N)c2N(Cc2ccc(C(=O)O)o2)C1=O. The van der Waals surface area contributed by atoms with Gasteiger partial charge >= 0.3 is 5.97 Å². The second-order valence-electron chi connectivity index (χ2n) is 4.95. The molecule has 0 aliphatic carbocycles. The lowest BCUT2D eigenvalue weighted by Gasteiger charge is -2.33. The van der Waals surface area contributed by atoms with Gasteiger partial charge in [-0.2, -0.15) is 0 Å². The van der Waals surface area contributed by atoms with E-state index in [-0.39, 0.29) is 18.2 Å². The minimum absolute atomic E-state index is 0.0844. The molecule has 7 nitrogen and oxygen atoms in total. The number of rotatable bonds is 3. The Labute approximate surface area is 125 Å². The van der Waals surface area contributed by atoms with E-state index in [1.54, 1.807) is 25.1 Å². The molecule has 1 atom stereocenters. The van der Waals surface area contributed by atoms with Crippen LogP contribution in [-0.4, -0.2) is 23.1 Å². The number of amides is 1. The molecule has 0 bridgehead atoms. The number of carboxylic acid groups (broad SMARTS) is 1. The summed E-state index contributed by atoms with van der Waals surface area (Å²) in [4.78, 5) is 24.7. The molecule has 0 radical (unpaired) electrons. The highest BCUT2D eigenvalue weighted by molar-refractivity contribution is 6.02. The number of carboxylic acids is 1. The van der Waals surface area contributed by atoms with Crippen LogP contribution in [0.15, 0.2) is 34.7 Å². The lowest BCUT2D eigenvalue weighted by Crippen LogP contribution is -2.44. The Morgan fingerprint density at radius 1 is 1.36 bits per heavy atom. The van der Waals surface area contributed by atoms with E-state index in [1.165, 1.54) is 17.0 Å². The van der Waals surface area contributed by atoms with Gasteiger partial charge in [-0.1, -0.05) is 6.07 Å². The van der Waals surface area contributed by atoms with Crippen molar-refractivity contribution >= 4 is 23.3 Å². The lowest BCUT2D eigenvalue weighted by molar-refractivity contribution is -0.125. The zero-order chi connectivity index (χ0) is 15.9. The monoisotopic (exact) mass is 302 g/mol. The molecular weight excluding hydrogens is 288 g/mol. The van der Waals surface area contributed by atoms with Crippen LogP contribution in [0.25, 0.3) is 0 Å². The number of carbonyl (C=O) groups excluding carboxylic acids is 1. The van der Waals surface area contributed by atoms with Crippen molar-refractivity contribution in [2.75, 3.05) is 10.6 Å². The molecule has 114 valence electrons. The third kappa shape index (κ3) is 2.26. The Hall–Kier alpha value is -2.96. The molecule has 1 aliphatic rings. The first-order valence-corrected chi connectivity index (χ1v) is 6.66. The summed E-state index contributed by atoms with van der Waals surface area (Å²) in [5.74, 6) is -0.734. The minimum Gasteiger partial charge on any atom is -0.479 e. The summed E-state index contributed by atoms with van der Waals surface area (Å²) in [6.45, 7) is 1.73. The minimum atomic E-state index is -1.16. The van der Waals surface area contributed by atoms with E-state index in [4.69, 9.17) is 20.0 Å². The fourth-order valence-electron chi connectivity index (χ4n) is 2.38. The van der Waals surface area contributed by atoms with Gasteiger partial charge in [0.15, 0.2) is 6.10 Å². The Bertz CT molecular complexity index is 752. The number of hydrogen-bond donors (Lipinski definition) is 2. The summed E-state index contributed by atoms with van der Waals surface area (Å²) in [5, 5.41) is 8.89. The number of ether oxygens (including phenoxy) is 1. The van der Waals surface area contributed by atoms with Crippen LogP contribution in [0, 0.1) is 0 Å². The van der Waals surface area contributed by atoms with E-state index in [0.29, 0.717) is 22.9 Å². The standard InChI is InChI=1S/C15H14N2O5/c1-8-14(18)17(7-9-5-6-12(22-9)15(19)20)13-10(16)3-2-4-11(13)21-8/h2-6,8H,7,16H2,1H3,(H,19,20). The van der Waals surface area contributed by atoms with Crippen molar-refractivity contribution in [3.8, 4) is 5.75 Å². The average Bonchev–Trinajstić information content (AvgIpc) is 2.93. The third-order valence-electron chi connectivity index (χ3n) is 3.40. The smallest absolute Gasteiger partial charge is 0.371 e. The molecule has 1 aromatic heterocycles. The molecule has 1 aromatic carbocycles. The average molecular weight is 302 g/mol. The van der Waals surface area contributed by atoms with Gasteiger partial charge in [-0.15, -0.1) is 0 Å². The highest BCUT2D eigenvalue weighted by atomic mass is 16.5. The van der Waals surface area contributed by atoms with Crippen LogP contribution < -0.4 is 15.4 Å². The van der Waals surface area contributed by atoms with Gasteiger partial charge in [0.1, 0.15) is 17.2 Å². The summed E-state index contributed by atoms with van der Waals surface area (Å²) >= 11 is 0. The van der Waals surface area contributed by atoms with Gasteiger partial charge in [0.25, 0.3) is 5.91 Å². The van der Waals surface area contributed by atoms with Gasteiger partial charge in [-0.25, -0.2) is 4.79 Å². The van der Waals surface area contributed by atoms with E-state index < -0.39 is 12.1 Å². The number of fused-ring (bicyclic) bond motifs is 1. The van der Waals surface area contributed by atoms with Crippen LogP contribution in [0.1, 0.15) is 23.2 Å². The molecule has 0 spiro atoms. The Kier molecular flexibility index (Phi) is 3.25. The number of furan rings is 1. The van der Waals surface area contributed by atoms with Crippen LogP contribution in [-0.2, 0) is 11.3 Å². The molecule has 0 saturated carbocycles. The summed E-state index contributed by atoms with van der Waals surface area (Å²) in [5.41, 5.74) is 6.82. The van der Waals surface area contributed by atoms with E-state index in [0.717, 1.165) is 0 Å². The maximum absolute atomic E-state index is 12.4. The summed E-state index contributed by atoms with van der Waals surface area (Å²) in [7, 11) is 0. The first-order chi connectivity index (χ1) is 10.5. The second-order valence-corrected chi connectivity index (χ2v) is 4.95. The number of carbonyl (C=O) groups is 2. The number of nitrogen functional groups attached to an aromatic ring is 1. The molecule has 1 unspecified atom stereocenters. The van der Waals surface area contributed by atoms with E-state index >= 15 is 0 Å². The Morgan fingerprint density at radius 3 is 2.82 bits per heavy atom. The molecule has 7 heteroatoms. The Morgan fingerprint density at radius 2 is 2.14 bits per heavy atom. The zero-order valence-electron chi connectivity index (χ0n) is 11.8. The first kappa shape index (κ1) is 14.0. The maximum Gasteiger partial charge on any atom is 0.371 e. The predicted octanol–water partition coefficient (Wildman–Crippen LogP) is 1.87. The van der Waals surface area contributed by atoms with Gasteiger partial charge in [0.2, 0.25) is 5.76 Å². The Balaban J connectivity index is 1.98. The largest absolute Gasteiger partial charge is 0.479 e. The van der Waals surface area contributed by atoms with Crippen LogP contribution in [0.4, 0.5) is 11.4 Å². The van der Waals surface area contributed by atoms with Crippen molar-refractivity contribution in [1.82, 2.24) is 0 Å². The first-order valence-electron chi connectivity index (χ1n) is 6.66. The molecular formula is C15H14N2O5. The second kappa shape index (κ2) is 5.10. The van der Waals surface area contributed by atoms with Crippen LogP contribution in [0.2, 0.25) is 0 Å². The summed E-state index contributed by atoms with van der Waals surface area (Å²) in [6.07, 6.45) is -0.650. The van der Waals surface area contributed by atoms with Crippen molar-refractivity contribution in [2.24, 2.45) is 0 Å². The van der Waals surface area contributed by atoms with Gasteiger partial charge in [-0.05, 0) is 31.2 Å². The number of hydrogen-bond acceptors (Lipinski definition) is 5. The molecule has 1 aliphatic heterocycles. The van der Waals surface area contributed by atoms with Crippen LogP contribution >= 0.6 is 0 Å². The van der Waals surface area contributed by atoms with Crippen LogP contribution in [0.5, 0.6) is 5.75 Å². The highest BCUT2D eigenvalue weighted by Gasteiger charge is 2.33. The predicted molar refractivity (Wildman–Crippen MR) is 77.8 cm³/mol. The van der Waals surface area contributed by atoms with Crippen molar-refractivity contribution in [3.63, 3.8) is 0 Å². The third-order valence-corrected chi connectivity index (χ3v) is 3.40. The molecule has 3 rings (SSSR count). The zero-order valence-corrected chi connectivity index (χ0v) is 11.8. The quantitative estimate of drug-likeness (QED) is 0.838. The maximum atomic E-state index is 12.4. The van der Waals surface area contributed by atoms with E-state index in [9.17, 15) is 9.59 Å². The molecule has 0 fully saturated rings. The fraction of sp³-hybridized carbons (Fsp3) is 0.200. The number of nitrogens with zero attached hydrogens (tertiary/aromatic N) is 1. The van der Waals surface area contributed by atoms with Gasteiger partial charge in [0, 0.05) is 0 Å². The van der Waals surface area contributed by atoms with Crippen molar-refractivity contribution < 1.29 is 23.8 Å². The molecule has 1 amide bonds. The number of nitrogens with two attached hydrogens (primary N) is 1. The molecule has 3 N–H and O–H groups in total. The molecule has 22 heavy (non-hydrogen) atoms. The highest BCUT2D eigenvalue weighted by Crippen LogP contribution is 2.39. The van der Waals surface area contributed by atoms with Gasteiger partial charge < -0.3 is 20.0 Å². The van der Waals surface area contributed by atoms with Crippen molar-refractivity contribution in [2.45, 2.75) is 19.6 Å². The van der Waals surface area contributed by atoms with E-state index in [2.05, 4.69) is 0 Å². The van der Waals surface area contributed by atoms with Crippen molar-refractivity contribution in [1.29, 1.82) is 0 Å². The van der Waals surface area contributed by atoms with Crippen molar-refractivity contribution in [3.05, 3.63) is 41.9 Å². The lowest BCUT2D eigenvalue weighted by atomic mass is 10.1. The molecule has 2 heterocycles. The van der Waals surface area contributed by atoms with E-state index in [1.807, 2.05) is 0 Å². The molecule has 2 aromatic rings. The van der Waals surface area contributed by atoms with Gasteiger partial charge in [-0.3, -0.25) is 9.69 Å². The summed E-state index contributed by atoms with van der Waals surface area (Å²) in [6, 6.07) is 8.01. The summed E-state index contributed by atoms with van der Waals surface area (Å²) < 4.78 is 10.8. The molecule has 0 saturated heterocycles. The van der Waals surface area contributed by atoms with Crippen LogP contribution in [0.3, 0.4) is 0 Å². The van der Waals surface area contributed by atoms with Gasteiger partial charge in [0.05, 0.1) is 12.2 Å². The fourth-order valence-corrected chi connectivity index (χ4v) is 2.38.